The summed E-state index contributed by atoms with van der Waals surface area (Å²) in [6, 6.07) is 7.04. The third kappa shape index (κ3) is 3.39. The van der Waals surface area contributed by atoms with Gasteiger partial charge in [0.2, 0.25) is 0 Å². The molecule has 27 heavy (non-hydrogen) atoms. The number of amides is 2. The van der Waals surface area contributed by atoms with Gasteiger partial charge in [0.1, 0.15) is 5.56 Å². The highest BCUT2D eigenvalue weighted by Gasteiger charge is 2.27. The van der Waals surface area contributed by atoms with Crippen LogP contribution in [-0.4, -0.2) is 33.2 Å². The average molecular weight is 380 g/mol. The number of carbonyl (C=O) groups excluding carboxylic acids is 2. The van der Waals surface area contributed by atoms with Gasteiger partial charge in [0, 0.05) is 25.5 Å². The topological polar surface area (TPSA) is 95.2 Å². The number of hydrogen-bond donors (Lipinski definition) is 2. The minimum Gasteiger partial charge on any atom is -0.333 e. The molecule has 0 saturated carbocycles. The molecule has 8 heteroatoms. The summed E-state index contributed by atoms with van der Waals surface area (Å²) in [5, 5.41) is 4.57. The Balaban J connectivity index is 1.61. The Morgan fingerprint density at radius 3 is 2.89 bits per heavy atom. The van der Waals surface area contributed by atoms with Gasteiger partial charge in [0.15, 0.2) is 0 Å². The van der Waals surface area contributed by atoms with Crippen molar-refractivity contribution >= 4 is 28.8 Å². The largest absolute Gasteiger partial charge is 0.333 e. The lowest BCUT2D eigenvalue weighted by atomic mass is 9.96. The second-order valence-electron chi connectivity index (χ2n) is 6.15. The molecule has 136 valence electrons. The monoisotopic (exact) mass is 380 g/mol. The molecule has 0 saturated heterocycles. The van der Waals surface area contributed by atoms with Crippen LogP contribution in [0.1, 0.15) is 31.2 Å². The van der Waals surface area contributed by atoms with Crippen LogP contribution in [-0.2, 0) is 13.0 Å². The lowest BCUT2D eigenvalue weighted by Crippen LogP contribution is -2.38. The van der Waals surface area contributed by atoms with E-state index in [0.717, 1.165) is 5.56 Å². The zero-order chi connectivity index (χ0) is 18.8. The van der Waals surface area contributed by atoms with E-state index in [2.05, 4.69) is 15.3 Å². The standard InChI is InChI=1S/C19H16N4O3S/c24-17-16(18(25)22-13-3-1-6-20-10-13)14-5-7-23(11-12(14)9-21-17)19(26)15-4-2-8-27-15/h1-4,6,8-10H,5,7,11H2,(H,21,24)(H,22,25). The number of fused-ring (bicyclic) bond motifs is 1. The summed E-state index contributed by atoms with van der Waals surface area (Å²) < 4.78 is 0. The first kappa shape index (κ1) is 17.2. The summed E-state index contributed by atoms with van der Waals surface area (Å²) in [5.74, 6) is -0.512. The highest BCUT2D eigenvalue weighted by molar-refractivity contribution is 7.12. The molecule has 0 fully saturated rings. The number of H-pyrrole nitrogens is 1. The van der Waals surface area contributed by atoms with Crippen LogP contribution in [0.3, 0.4) is 0 Å². The van der Waals surface area contributed by atoms with Crippen molar-refractivity contribution in [3.63, 3.8) is 0 Å². The molecule has 3 aromatic heterocycles. The van der Waals surface area contributed by atoms with Crippen LogP contribution in [0.2, 0.25) is 0 Å². The van der Waals surface area contributed by atoms with Crippen molar-refractivity contribution in [1.82, 2.24) is 14.9 Å². The number of aromatic amines is 1. The van der Waals surface area contributed by atoms with Crippen LogP contribution < -0.4 is 10.9 Å². The smallest absolute Gasteiger partial charge is 0.264 e. The number of thiophene rings is 1. The number of nitrogens with one attached hydrogen (secondary N) is 2. The van der Waals surface area contributed by atoms with Crippen LogP contribution in [0.15, 0.2) is 53.0 Å². The van der Waals surface area contributed by atoms with E-state index in [0.29, 0.717) is 35.6 Å². The lowest BCUT2D eigenvalue weighted by molar-refractivity contribution is 0.0739. The predicted molar refractivity (Wildman–Crippen MR) is 102 cm³/mol. The third-order valence-electron chi connectivity index (χ3n) is 4.45. The number of rotatable bonds is 3. The fourth-order valence-corrected chi connectivity index (χ4v) is 3.86. The zero-order valence-corrected chi connectivity index (χ0v) is 15.1. The number of aromatic nitrogens is 2. The van der Waals surface area contributed by atoms with Gasteiger partial charge in [-0.05, 0) is 41.1 Å². The molecular weight excluding hydrogens is 364 g/mol. The van der Waals surface area contributed by atoms with Crippen molar-refractivity contribution in [2.24, 2.45) is 0 Å². The number of pyridine rings is 2. The second kappa shape index (κ2) is 7.16. The average Bonchev–Trinajstić information content (AvgIpc) is 3.22. The van der Waals surface area contributed by atoms with Crippen molar-refractivity contribution in [2.75, 3.05) is 11.9 Å². The van der Waals surface area contributed by atoms with E-state index in [1.807, 2.05) is 11.4 Å². The van der Waals surface area contributed by atoms with Gasteiger partial charge in [-0.2, -0.15) is 0 Å². The van der Waals surface area contributed by atoms with Gasteiger partial charge in [0.25, 0.3) is 17.4 Å². The molecule has 2 N–H and O–H groups in total. The molecule has 0 aliphatic carbocycles. The van der Waals surface area contributed by atoms with E-state index in [1.165, 1.54) is 17.5 Å². The SMILES string of the molecule is O=C(Nc1cccnc1)c1c2c(c[nH]c1=O)CN(C(=O)c1cccs1)CC2. The number of nitrogens with zero attached hydrogens (tertiary/aromatic N) is 2. The maximum Gasteiger partial charge on any atom is 0.264 e. The minimum absolute atomic E-state index is 0.0387. The Morgan fingerprint density at radius 1 is 1.26 bits per heavy atom. The number of anilines is 1. The van der Waals surface area contributed by atoms with Crippen molar-refractivity contribution < 1.29 is 9.59 Å². The van der Waals surface area contributed by atoms with E-state index in [9.17, 15) is 14.4 Å². The van der Waals surface area contributed by atoms with Crippen LogP contribution in [0.4, 0.5) is 5.69 Å². The van der Waals surface area contributed by atoms with E-state index in [1.54, 1.807) is 35.5 Å². The molecule has 0 unspecified atom stereocenters. The van der Waals surface area contributed by atoms with E-state index >= 15 is 0 Å². The zero-order valence-electron chi connectivity index (χ0n) is 14.3. The molecule has 2 amide bonds. The molecule has 0 bridgehead atoms. The number of carbonyl (C=O) groups is 2. The van der Waals surface area contributed by atoms with E-state index in [4.69, 9.17) is 0 Å². The minimum atomic E-state index is -0.473. The maximum atomic E-state index is 12.7. The molecule has 1 aliphatic heterocycles. The van der Waals surface area contributed by atoms with Crippen molar-refractivity contribution in [3.8, 4) is 0 Å². The van der Waals surface area contributed by atoms with E-state index in [-0.39, 0.29) is 11.5 Å². The van der Waals surface area contributed by atoms with Gasteiger partial charge < -0.3 is 15.2 Å². The molecule has 4 rings (SSSR count). The lowest BCUT2D eigenvalue weighted by Gasteiger charge is -2.29. The summed E-state index contributed by atoms with van der Waals surface area (Å²) >= 11 is 1.40. The third-order valence-corrected chi connectivity index (χ3v) is 5.31. The first-order chi connectivity index (χ1) is 13.1. The van der Waals surface area contributed by atoms with Crippen molar-refractivity contribution in [3.05, 3.63) is 80.2 Å². The van der Waals surface area contributed by atoms with Crippen LogP contribution in [0.5, 0.6) is 0 Å². The van der Waals surface area contributed by atoms with Gasteiger partial charge in [-0.1, -0.05) is 6.07 Å². The fraction of sp³-hybridized carbons (Fsp3) is 0.158. The summed E-state index contributed by atoms with van der Waals surface area (Å²) in [6.45, 7) is 0.816. The molecule has 3 aromatic rings. The molecule has 7 nitrogen and oxygen atoms in total. The molecule has 4 heterocycles. The Bertz CT molecular complexity index is 1040. The molecule has 1 aliphatic rings. The van der Waals surface area contributed by atoms with Gasteiger partial charge in [-0.3, -0.25) is 19.4 Å². The summed E-state index contributed by atoms with van der Waals surface area (Å²) in [7, 11) is 0. The summed E-state index contributed by atoms with van der Waals surface area (Å²) in [6.07, 6.45) is 5.16. The summed E-state index contributed by atoms with van der Waals surface area (Å²) in [4.78, 5) is 46.5. The molecule has 0 radical (unpaired) electrons. The van der Waals surface area contributed by atoms with Crippen molar-refractivity contribution in [1.29, 1.82) is 0 Å². The Morgan fingerprint density at radius 2 is 2.15 bits per heavy atom. The molecule has 0 aromatic carbocycles. The van der Waals surface area contributed by atoms with Crippen LogP contribution in [0, 0.1) is 0 Å². The van der Waals surface area contributed by atoms with Gasteiger partial charge in [0.05, 0.1) is 16.8 Å². The van der Waals surface area contributed by atoms with Gasteiger partial charge >= 0.3 is 0 Å². The number of hydrogen-bond acceptors (Lipinski definition) is 5. The Labute approximate surface area is 158 Å². The molecule has 0 atom stereocenters. The van der Waals surface area contributed by atoms with Gasteiger partial charge in [-0.25, -0.2) is 0 Å². The van der Waals surface area contributed by atoms with Crippen LogP contribution >= 0.6 is 11.3 Å². The first-order valence-electron chi connectivity index (χ1n) is 8.41. The Hall–Kier alpha value is -3.26. The van der Waals surface area contributed by atoms with Crippen molar-refractivity contribution in [2.45, 2.75) is 13.0 Å². The maximum absolute atomic E-state index is 12.7. The van der Waals surface area contributed by atoms with Crippen LogP contribution in [0.25, 0.3) is 0 Å². The highest BCUT2D eigenvalue weighted by atomic mass is 32.1. The fourth-order valence-electron chi connectivity index (χ4n) is 3.17. The van der Waals surface area contributed by atoms with Gasteiger partial charge in [-0.15, -0.1) is 11.3 Å². The second-order valence-corrected chi connectivity index (χ2v) is 7.09. The summed E-state index contributed by atoms with van der Waals surface area (Å²) in [5.41, 5.74) is 1.65. The Kier molecular flexibility index (Phi) is 4.55. The quantitative estimate of drug-likeness (QED) is 0.729. The predicted octanol–water partition coefficient (Wildman–Crippen LogP) is 2.28. The molecular formula is C19H16N4O3S. The van der Waals surface area contributed by atoms with E-state index < -0.39 is 11.5 Å². The highest BCUT2D eigenvalue weighted by Crippen LogP contribution is 2.23. The first-order valence-corrected chi connectivity index (χ1v) is 9.29. The normalized spacial score (nSPS) is 13.1. The molecule has 0 spiro atoms.